The lowest BCUT2D eigenvalue weighted by Crippen LogP contribution is -2.42. The van der Waals surface area contributed by atoms with Gasteiger partial charge in [-0.15, -0.1) is 0 Å². The molecule has 1 aliphatic heterocycles. The number of nitrogens with zero attached hydrogens (tertiary/aromatic N) is 3. The van der Waals surface area contributed by atoms with Crippen LogP contribution in [0.4, 0.5) is 5.82 Å². The first-order chi connectivity index (χ1) is 15.4. The van der Waals surface area contributed by atoms with Gasteiger partial charge in [0.15, 0.2) is 0 Å². The molecular formula is C24H29N5O3. The molecule has 1 aliphatic carbocycles. The van der Waals surface area contributed by atoms with E-state index in [0.29, 0.717) is 31.1 Å². The first-order valence-corrected chi connectivity index (χ1v) is 10.9. The van der Waals surface area contributed by atoms with E-state index in [1.54, 1.807) is 11.8 Å². The number of benzene rings is 1. The van der Waals surface area contributed by atoms with Gasteiger partial charge in [0.25, 0.3) is 11.8 Å². The molecule has 0 bridgehead atoms. The van der Waals surface area contributed by atoms with Gasteiger partial charge in [0.1, 0.15) is 17.1 Å². The zero-order valence-electron chi connectivity index (χ0n) is 18.6. The molecule has 0 unspecified atom stereocenters. The first-order valence-electron chi connectivity index (χ1n) is 10.9. The molecule has 168 valence electrons. The molecule has 1 aromatic carbocycles. The lowest BCUT2D eigenvalue weighted by Gasteiger charge is -2.45. The molecule has 32 heavy (non-hydrogen) atoms. The van der Waals surface area contributed by atoms with Crippen molar-refractivity contribution in [1.82, 2.24) is 14.7 Å². The average Bonchev–Trinajstić information content (AvgIpc) is 3.34. The van der Waals surface area contributed by atoms with Gasteiger partial charge in [0, 0.05) is 32.2 Å². The maximum absolute atomic E-state index is 12.2. The van der Waals surface area contributed by atoms with Crippen LogP contribution in [0.5, 0.6) is 0 Å². The molecule has 2 amide bonds. The van der Waals surface area contributed by atoms with Crippen molar-refractivity contribution in [3.05, 3.63) is 35.4 Å². The topological polar surface area (TPSA) is 116 Å². The van der Waals surface area contributed by atoms with Crippen LogP contribution in [0.2, 0.25) is 0 Å². The quantitative estimate of drug-likeness (QED) is 0.699. The van der Waals surface area contributed by atoms with Crippen molar-refractivity contribution in [2.75, 3.05) is 25.9 Å². The summed E-state index contributed by atoms with van der Waals surface area (Å²) in [6, 6.07) is 7.73. The van der Waals surface area contributed by atoms with Crippen LogP contribution in [0.3, 0.4) is 0 Å². The highest BCUT2D eigenvalue weighted by Gasteiger charge is 2.51. The molecule has 1 aromatic heterocycles. The minimum absolute atomic E-state index is 0.0709. The average molecular weight is 436 g/mol. The van der Waals surface area contributed by atoms with E-state index in [1.807, 2.05) is 36.1 Å². The van der Waals surface area contributed by atoms with E-state index in [-0.39, 0.29) is 22.9 Å². The fourth-order valence-electron chi connectivity index (χ4n) is 4.89. The molecule has 8 nitrogen and oxygen atoms in total. The number of ether oxygens (including phenoxy) is 1. The predicted octanol–water partition coefficient (Wildman–Crippen LogP) is 2.34. The number of nitrogens with two attached hydrogens (primary N) is 2. The van der Waals surface area contributed by atoms with E-state index in [2.05, 4.69) is 11.8 Å². The van der Waals surface area contributed by atoms with Crippen LogP contribution >= 0.6 is 0 Å². The van der Waals surface area contributed by atoms with Gasteiger partial charge in [-0.25, -0.2) is 4.68 Å². The van der Waals surface area contributed by atoms with Crippen LogP contribution in [0.1, 0.15) is 54.6 Å². The number of rotatable bonds is 5. The van der Waals surface area contributed by atoms with Crippen molar-refractivity contribution in [3.63, 3.8) is 0 Å². The number of primary amides is 1. The highest BCUT2D eigenvalue weighted by atomic mass is 16.5. The van der Waals surface area contributed by atoms with Crippen molar-refractivity contribution in [2.24, 2.45) is 11.1 Å². The van der Waals surface area contributed by atoms with E-state index in [9.17, 15) is 9.59 Å². The number of anilines is 1. The highest BCUT2D eigenvalue weighted by Crippen LogP contribution is 2.54. The van der Waals surface area contributed by atoms with E-state index in [1.165, 1.54) is 0 Å². The Morgan fingerprint density at radius 1 is 1.28 bits per heavy atom. The van der Waals surface area contributed by atoms with Crippen molar-refractivity contribution in [2.45, 2.75) is 45.3 Å². The third-order valence-corrected chi connectivity index (χ3v) is 6.51. The third kappa shape index (κ3) is 3.96. The van der Waals surface area contributed by atoms with Crippen LogP contribution in [0, 0.1) is 17.3 Å². The number of methoxy groups -OCH3 is 1. The highest BCUT2D eigenvalue weighted by molar-refractivity contribution is 6.03. The van der Waals surface area contributed by atoms with Gasteiger partial charge in [-0.1, -0.05) is 37.1 Å². The molecule has 2 fully saturated rings. The standard InChI is InChI=1S/C24H29N5O3/c1-3-4-5-19(30)28-11-10-24(15-28)12-18(13-24)29-22(25)20(23(26)31)21(27-29)17-8-6-16(7-9-17)14-32-2/h6-9,18H,3,10-15,25H2,1-2H3,(H2,26,31). The Balaban J connectivity index is 1.53. The second-order valence-electron chi connectivity index (χ2n) is 8.74. The Morgan fingerprint density at radius 2 is 2.00 bits per heavy atom. The molecule has 1 saturated heterocycles. The monoisotopic (exact) mass is 435 g/mol. The number of likely N-dealkylation sites (tertiary alicyclic amines) is 1. The van der Waals surface area contributed by atoms with Crippen LogP contribution in [-0.4, -0.2) is 46.7 Å². The zero-order valence-corrected chi connectivity index (χ0v) is 18.6. The number of hydrogen-bond acceptors (Lipinski definition) is 5. The summed E-state index contributed by atoms with van der Waals surface area (Å²) in [7, 11) is 1.64. The molecule has 4 N–H and O–H groups in total. The molecule has 4 rings (SSSR count). The van der Waals surface area contributed by atoms with Crippen molar-refractivity contribution < 1.29 is 14.3 Å². The van der Waals surface area contributed by atoms with Gasteiger partial charge in [-0.05, 0) is 36.2 Å². The Labute approximate surface area is 187 Å². The minimum atomic E-state index is -0.592. The van der Waals surface area contributed by atoms with Gasteiger partial charge in [-0.3, -0.25) is 9.59 Å². The lowest BCUT2D eigenvalue weighted by molar-refractivity contribution is -0.125. The molecule has 1 saturated carbocycles. The van der Waals surface area contributed by atoms with Crippen LogP contribution in [0.15, 0.2) is 24.3 Å². The first kappa shape index (κ1) is 21.9. The Hall–Kier alpha value is -3.31. The largest absolute Gasteiger partial charge is 0.383 e. The number of aromatic nitrogens is 2. The summed E-state index contributed by atoms with van der Waals surface area (Å²) >= 11 is 0. The second-order valence-corrected chi connectivity index (χ2v) is 8.74. The van der Waals surface area contributed by atoms with Crippen molar-refractivity contribution >= 4 is 17.6 Å². The van der Waals surface area contributed by atoms with Gasteiger partial charge in [0.05, 0.1) is 12.6 Å². The number of carbonyl (C=O) groups is 2. The van der Waals surface area contributed by atoms with E-state index in [4.69, 9.17) is 21.3 Å². The fourth-order valence-corrected chi connectivity index (χ4v) is 4.89. The molecule has 0 radical (unpaired) electrons. The van der Waals surface area contributed by atoms with E-state index >= 15 is 0 Å². The van der Waals surface area contributed by atoms with Crippen LogP contribution < -0.4 is 11.5 Å². The number of carbonyl (C=O) groups excluding carboxylic acids is 2. The molecule has 2 aromatic rings. The van der Waals surface area contributed by atoms with E-state index < -0.39 is 5.91 Å². The van der Waals surface area contributed by atoms with Crippen LogP contribution in [-0.2, 0) is 16.1 Å². The minimum Gasteiger partial charge on any atom is -0.383 e. The van der Waals surface area contributed by atoms with Crippen molar-refractivity contribution in [3.8, 4) is 23.1 Å². The van der Waals surface area contributed by atoms with Gasteiger partial charge < -0.3 is 21.1 Å². The molecule has 1 spiro atoms. The van der Waals surface area contributed by atoms with Crippen LogP contribution in [0.25, 0.3) is 11.3 Å². The summed E-state index contributed by atoms with van der Waals surface area (Å²) in [4.78, 5) is 26.3. The van der Waals surface area contributed by atoms with E-state index in [0.717, 1.165) is 36.9 Å². The Kier molecular flexibility index (Phi) is 5.94. The SMILES string of the molecule is CCC#CC(=O)N1CCC2(CC(n3nc(-c4ccc(COC)cc4)c(C(N)=O)c3N)C2)C1. The van der Waals surface area contributed by atoms with Gasteiger partial charge in [-0.2, -0.15) is 5.10 Å². The molecule has 0 atom stereocenters. The Morgan fingerprint density at radius 3 is 2.62 bits per heavy atom. The smallest absolute Gasteiger partial charge is 0.298 e. The van der Waals surface area contributed by atoms with Crippen molar-refractivity contribution in [1.29, 1.82) is 0 Å². The molecule has 2 heterocycles. The maximum Gasteiger partial charge on any atom is 0.298 e. The number of hydrogen-bond donors (Lipinski definition) is 2. The predicted molar refractivity (Wildman–Crippen MR) is 121 cm³/mol. The molecule has 2 aliphatic rings. The fraction of sp³-hybridized carbons (Fsp3) is 0.458. The molecule has 8 heteroatoms. The molecular weight excluding hydrogens is 406 g/mol. The second kappa shape index (κ2) is 8.67. The van der Waals surface area contributed by atoms with Gasteiger partial charge in [0.2, 0.25) is 0 Å². The Bertz CT molecular complexity index is 1090. The zero-order chi connectivity index (χ0) is 22.9. The summed E-state index contributed by atoms with van der Waals surface area (Å²) < 4.78 is 6.90. The lowest BCUT2D eigenvalue weighted by atomic mass is 9.65. The summed E-state index contributed by atoms with van der Waals surface area (Å²) in [6.45, 7) is 3.87. The normalized spacial score (nSPS) is 21.8. The third-order valence-electron chi connectivity index (χ3n) is 6.51. The van der Waals surface area contributed by atoms with Gasteiger partial charge >= 0.3 is 0 Å². The summed E-state index contributed by atoms with van der Waals surface area (Å²) in [5, 5.41) is 4.70. The number of nitrogen functional groups attached to an aromatic ring is 1. The summed E-state index contributed by atoms with van der Waals surface area (Å²) in [5.41, 5.74) is 14.6. The summed E-state index contributed by atoms with van der Waals surface area (Å²) in [6.07, 6.45) is 3.33. The maximum atomic E-state index is 12.2. The number of amides is 2. The summed E-state index contributed by atoms with van der Waals surface area (Å²) in [5.74, 6) is 5.17.